The van der Waals surface area contributed by atoms with Crippen LogP contribution in [0.15, 0.2) is 0 Å². The minimum absolute atomic E-state index is 0.187. The zero-order valence-electron chi connectivity index (χ0n) is 4.92. The maximum Gasteiger partial charge on any atom is 0.0844 e. The first-order chi connectivity index (χ1) is 3.66. The van der Waals surface area contributed by atoms with Crippen LogP contribution in [0.25, 0.3) is 0 Å². The van der Waals surface area contributed by atoms with Crippen LogP contribution < -0.4 is 0 Å². The van der Waals surface area contributed by atoms with Gasteiger partial charge in [0.05, 0.1) is 17.5 Å². The topological polar surface area (TPSA) is 49.4 Å². The summed E-state index contributed by atoms with van der Waals surface area (Å²) in [5, 5.41) is 0. The van der Waals surface area contributed by atoms with Crippen LogP contribution in [0.3, 0.4) is 0 Å². The molecule has 2 atom stereocenters. The number of hydrogen-bond donors (Lipinski definition) is 0. The van der Waals surface area contributed by atoms with Gasteiger partial charge in [0, 0.05) is 0 Å². The van der Waals surface area contributed by atoms with Crippen LogP contribution in [-0.2, 0) is 15.5 Å². The fraction of sp³-hybridized carbons (Fsp3) is 1.00. The van der Waals surface area contributed by atoms with Crippen molar-refractivity contribution in [1.29, 1.82) is 0 Å². The van der Waals surface area contributed by atoms with E-state index in [1.54, 1.807) is 6.92 Å². The van der Waals surface area contributed by atoms with E-state index >= 15 is 0 Å². The van der Waals surface area contributed by atoms with Crippen LogP contribution in [0.2, 0.25) is 0 Å². The molecular formula is C4H9O3S-. The summed E-state index contributed by atoms with van der Waals surface area (Å²) in [5.41, 5.74) is 0. The molecule has 4 heteroatoms. The number of hydrogen-bond acceptors (Lipinski definition) is 3. The molecule has 0 aliphatic carbocycles. The number of rotatable bonds is 3. The summed E-state index contributed by atoms with van der Waals surface area (Å²) in [6, 6.07) is 0. The molecule has 0 saturated heterocycles. The zero-order valence-corrected chi connectivity index (χ0v) is 5.73. The molecule has 0 aliphatic heterocycles. The van der Waals surface area contributed by atoms with E-state index in [0.29, 0.717) is 6.42 Å². The second-order valence-corrected chi connectivity index (χ2v) is 2.12. The smallest absolute Gasteiger partial charge is 0.0844 e. The molecule has 0 aromatic carbocycles. The molecule has 0 bridgehead atoms. The van der Waals surface area contributed by atoms with Crippen LogP contribution in [0.4, 0.5) is 0 Å². The minimum Gasteiger partial charge on any atom is -0.750 e. The molecule has 1 unspecified atom stereocenters. The van der Waals surface area contributed by atoms with Gasteiger partial charge in [-0.25, -0.2) is 4.21 Å². The fourth-order valence-electron chi connectivity index (χ4n) is 0.202. The average molecular weight is 137 g/mol. The molecule has 0 radical (unpaired) electrons. The van der Waals surface area contributed by atoms with Crippen molar-refractivity contribution in [1.82, 2.24) is 0 Å². The Balaban J connectivity index is 3.24. The Morgan fingerprint density at radius 1 is 1.88 bits per heavy atom. The van der Waals surface area contributed by atoms with E-state index in [1.165, 1.54) is 0 Å². The van der Waals surface area contributed by atoms with E-state index in [1.807, 2.05) is 6.92 Å². The van der Waals surface area contributed by atoms with E-state index in [4.69, 9.17) is 0 Å². The molecule has 0 spiro atoms. The van der Waals surface area contributed by atoms with E-state index in [2.05, 4.69) is 4.18 Å². The lowest BCUT2D eigenvalue weighted by Crippen LogP contribution is -2.07. The lowest BCUT2D eigenvalue weighted by atomic mass is 10.3. The SMILES string of the molecule is CC[C@@H](C)OS(=O)[O-]. The second kappa shape index (κ2) is 4.00. The van der Waals surface area contributed by atoms with Crippen LogP contribution in [0.5, 0.6) is 0 Å². The van der Waals surface area contributed by atoms with Gasteiger partial charge in [-0.1, -0.05) is 6.92 Å². The van der Waals surface area contributed by atoms with Gasteiger partial charge in [0.15, 0.2) is 0 Å². The monoisotopic (exact) mass is 137 g/mol. The lowest BCUT2D eigenvalue weighted by Gasteiger charge is -2.10. The maximum atomic E-state index is 9.75. The molecule has 0 fully saturated rings. The molecule has 0 saturated carbocycles. The lowest BCUT2D eigenvalue weighted by molar-refractivity contribution is 0.215. The van der Waals surface area contributed by atoms with Gasteiger partial charge in [0.2, 0.25) is 0 Å². The Hall–Kier alpha value is 0.0700. The van der Waals surface area contributed by atoms with Gasteiger partial charge >= 0.3 is 0 Å². The van der Waals surface area contributed by atoms with Crippen LogP contribution in [0.1, 0.15) is 20.3 Å². The summed E-state index contributed by atoms with van der Waals surface area (Å²) in [7, 11) is 0. The molecule has 0 amide bonds. The van der Waals surface area contributed by atoms with Gasteiger partial charge in [0.1, 0.15) is 0 Å². The molecule has 0 heterocycles. The van der Waals surface area contributed by atoms with Gasteiger partial charge in [-0.3, -0.25) is 4.18 Å². The summed E-state index contributed by atoms with van der Waals surface area (Å²) < 4.78 is 23.8. The largest absolute Gasteiger partial charge is 0.750 e. The van der Waals surface area contributed by atoms with Gasteiger partial charge in [-0.05, 0) is 13.3 Å². The second-order valence-electron chi connectivity index (χ2n) is 1.52. The Labute approximate surface area is 51.5 Å². The van der Waals surface area contributed by atoms with Crippen molar-refractivity contribution in [2.45, 2.75) is 26.4 Å². The highest BCUT2D eigenvalue weighted by molar-refractivity contribution is 7.74. The molecule has 8 heavy (non-hydrogen) atoms. The normalized spacial score (nSPS) is 17.9. The molecule has 0 N–H and O–H groups in total. The van der Waals surface area contributed by atoms with Crippen molar-refractivity contribution in [3.8, 4) is 0 Å². The maximum absolute atomic E-state index is 9.75. The van der Waals surface area contributed by atoms with E-state index in [9.17, 15) is 8.76 Å². The predicted molar refractivity (Wildman–Crippen MR) is 29.8 cm³/mol. The van der Waals surface area contributed by atoms with Crippen LogP contribution >= 0.6 is 0 Å². The van der Waals surface area contributed by atoms with Crippen LogP contribution in [0, 0.1) is 0 Å². The Morgan fingerprint density at radius 3 is 2.50 bits per heavy atom. The minimum atomic E-state index is -2.35. The molecule has 0 rings (SSSR count). The van der Waals surface area contributed by atoms with Gasteiger partial charge in [-0.15, -0.1) is 0 Å². The molecule has 50 valence electrons. The van der Waals surface area contributed by atoms with E-state index in [-0.39, 0.29) is 6.10 Å². The summed E-state index contributed by atoms with van der Waals surface area (Å²) in [6.45, 7) is 3.56. The van der Waals surface area contributed by atoms with Gasteiger partial charge in [0.25, 0.3) is 0 Å². The summed E-state index contributed by atoms with van der Waals surface area (Å²) in [6.07, 6.45) is 0.530. The van der Waals surface area contributed by atoms with Crippen molar-refractivity contribution in [2.24, 2.45) is 0 Å². The van der Waals surface area contributed by atoms with Gasteiger partial charge < -0.3 is 4.55 Å². The molecule has 0 aromatic rings. The first-order valence-corrected chi connectivity index (χ1v) is 3.43. The quantitative estimate of drug-likeness (QED) is 0.535. The molecular weight excluding hydrogens is 128 g/mol. The standard InChI is InChI=1S/C4H10O3S/c1-3-4(2)7-8(5)6/h4H,3H2,1-2H3,(H,5,6)/p-1/t4-/m1/s1. The summed E-state index contributed by atoms with van der Waals surface area (Å²) in [4.78, 5) is 0. The van der Waals surface area contributed by atoms with Crippen molar-refractivity contribution in [2.75, 3.05) is 0 Å². The average Bonchev–Trinajstić information content (AvgIpc) is 1.65. The van der Waals surface area contributed by atoms with Crippen molar-refractivity contribution in [3.05, 3.63) is 0 Å². The first-order valence-electron chi connectivity index (χ1n) is 2.43. The fourth-order valence-corrected chi connectivity index (χ4v) is 0.606. The third kappa shape index (κ3) is 4.23. The zero-order chi connectivity index (χ0) is 6.57. The third-order valence-corrected chi connectivity index (χ3v) is 1.30. The Bertz CT molecular complexity index is 83.4. The third-order valence-electron chi connectivity index (χ3n) is 0.818. The highest BCUT2D eigenvalue weighted by atomic mass is 32.2. The summed E-state index contributed by atoms with van der Waals surface area (Å²) in [5.74, 6) is 0. The highest BCUT2D eigenvalue weighted by Crippen LogP contribution is 1.95. The van der Waals surface area contributed by atoms with Gasteiger partial charge in [-0.2, -0.15) is 0 Å². The van der Waals surface area contributed by atoms with Crippen molar-refractivity contribution in [3.63, 3.8) is 0 Å². The first kappa shape index (κ1) is 8.07. The predicted octanol–water partition coefficient (Wildman–Crippen LogP) is 0.596. The van der Waals surface area contributed by atoms with Crippen molar-refractivity contribution >= 4 is 11.4 Å². The van der Waals surface area contributed by atoms with Crippen molar-refractivity contribution < 1.29 is 12.9 Å². The molecule has 0 aromatic heterocycles. The summed E-state index contributed by atoms with van der Waals surface area (Å²) >= 11 is -2.35. The Kier molecular flexibility index (Phi) is 4.03. The van der Waals surface area contributed by atoms with Crippen LogP contribution in [-0.4, -0.2) is 14.9 Å². The van der Waals surface area contributed by atoms with E-state index < -0.39 is 11.4 Å². The Morgan fingerprint density at radius 2 is 2.38 bits per heavy atom. The molecule has 3 nitrogen and oxygen atoms in total. The highest BCUT2D eigenvalue weighted by Gasteiger charge is 1.95. The molecule has 0 aliphatic rings. The van der Waals surface area contributed by atoms with E-state index in [0.717, 1.165) is 0 Å².